The highest BCUT2D eigenvalue weighted by atomic mass is 16.5. The number of anilines is 2. The van der Waals surface area contributed by atoms with Crippen LogP contribution >= 0.6 is 0 Å². The van der Waals surface area contributed by atoms with Gasteiger partial charge in [-0.15, -0.1) is 0 Å². The molecule has 110 valence electrons. The van der Waals surface area contributed by atoms with Crippen molar-refractivity contribution in [2.24, 2.45) is 5.92 Å². The quantitative estimate of drug-likeness (QED) is 0.864. The van der Waals surface area contributed by atoms with Crippen LogP contribution in [0.25, 0.3) is 0 Å². The van der Waals surface area contributed by atoms with E-state index in [4.69, 9.17) is 4.74 Å². The molecule has 0 radical (unpaired) electrons. The summed E-state index contributed by atoms with van der Waals surface area (Å²) in [6, 6.07) is 6.32. The lowest BCUT2D eigenvalue weighted by Crippen LogP contribution is -2.50. The van der Waals surface area contributed by atoms with Gasteiger partial charge in [-0.3, -0.25) is 0 Å². The lowest BCUT2D eigenvalue weighted by atomic mass is 9.75. The molecule has 3 heteroatoms. The molecule has 2 atom stereocenters. The first-order valence-electron chi connectivity index (χ1n) is 8.00. The second kappa shape index (κ2) is 5.55. The van der Waals surface area contributed by atoms with Gasteiger partial charge >= 0.3 is 0 Å². The van der Waals surface area contributed by atoms with E-state index in [0.29, 0.717) is 0 Å². The minimum Gasteiger partial charge on any atom is -0.491 e. The van der Waals surface area contributed by atoms with Gasteiger partial charge in [0.15, 0.2) is 0 Å². The molecule has 2 N–H and O–H groups in total. The highest BCUT2D eigenvalue weighted by Crippen LogP contribution is 2.43. The number of nitrogens with one attached hydrogen (secondary N) is 2. The van der Waals surface area contributed by atoms with Crippen molar-refractivity contribution < 1.29 is 4.74 Å². The average Bonchev–Trinajstić information content (AvgIpc) is 2.44. The van der Waals surface area contributed by atoms with Crippen LogP contribution in [0.4, 0.5) is 11.4 Å². The zero-order valence-corrected chi connectivity index (χ0v) is 12.7. The molecule has 0 bridgehead atoms. The molecule has 3 rings (SSSR count). The van der Waals surface area contributed by atoms with E-state index >= 15 is 0 Å². The Morgan fingerprint density at radius 1 is 1.40 bits per heavy atom. The molecule has 1 saturated carbocycles. The van der Waals surface area contributed by atoms with Gasteiger partial charge in [0.25, 0.3) is 0 Å². The maximum Gasteiger partial charge on any atom is 0.144 e. The Kier molecular flexibility index (Phi) is 3.77. The third kappa shape index (κ3) is 2.58. The number of rotatable bonds is 3. The maximum atomic E-state index is 5.85. The van der Waals surface area contributed by atoms with Crippen LogP contribution < -0.4 is 15.4 Å². The third-order valence-corrected chi connectivity index (χ3v) is 4.58. The summed E-state index contributed by atoms with van der Waals surface area (Å²) in [7, 11) is 0. The molecule has 0 saturated heterocycles. The molecular weight excluding hydrogens is 248 g/mol. The van der Waals surface area contributed by atoms with Gasteiger partial charge in [0.05, 0.1) is 17.8 Å². The normalized spacial score (nSPS) is 28.4. The van der Waals surface area contributed by atoms with Gasteiger partial charge in [-0.05, 0) is 37.3 Å². The zero-order chi connectivity index (χ0) is 14.0. The summed E-state index contributed by atoms with van der Waals surface area (Å²) in [4.78, 5) is 0. The Bertz CT molecular complexity index is 474. The van der Waals surface area contributed by atoms with E-state index in [1.54, 1.807) is 0 Å². The van der Waals surface area contributed by atoms with Crippen LogP contribution in [0.3, 0.4) is 0 Å². The van der Waals surface area contributed by atoms with Gasteiger partial charge in [0.2, 0.25) is 0 Å². The smallest absolute Gasteiger partial charge is 0.144 e. The fourth-order valence-electron chi connectivity index (χ4n) is 3.67. The molecule has 1 fully saturated rings. The summed E-state index contributed by atoms with van der Waals surface area (Å²) >= 11 is 0. The van der Waals surface area contributed by atoms with Crippen molar-refractivity contribution in [3.05, 3.63) is 18.2 Å². The third-order valence-electron chi connectivity index (χ3n) is 4.58. The number of fused-ring (bicyclic) bond motifs is 1. The summed E-state index contributed by atoms with van der Waals surface area (Å²) < 4.78 is 5.85. The van der Waals surface area contributed by atoms with Crippen LogP contribution in [0.2, 0.25) is 0 Å². The average molecular weight is 274 g/mol. The van der Waals surface area contributed by atoms with Crippen LogP contribution in [0.15, 0.2) is 18.2 Å². The Hall–Kier alpha value is -1.38. The highest BCUT2D eigenvalue weighted by Gasteiger charge is 2.38. The number of para-hydroxylation sites is 1. The molecule has 1 aromatic carbocycles. The summed E-state index contributed by atoms with van der Waals surface area (Å²) in [5.74, 6) is 1.80. The minimum atomic E-state index is 0.244. The fraction of sp³-hybridized carbons (Fsp3) is 0.647. The first kappa shape index (κ1) is 13.6. The van der Waals surface area contributed by atoms with Crippen LogP contribution in [-0.2, 0) is 0 Å². The molecule has 1 aromatic rings. The lowest BCUT2D eigenvalue weighted by molar-refractivity contribution is 0.265. The van der Waals surface area contributed by atoms with Crippen molar-refractivity contribution >= 4 is 11.4 Å². The van der Waals surface area contributed by atoms with Crippen molar-refractivity contribution in [1.29, 1.82) is 0 Å². The Balaban J connectivity index is 1.81. The second-order valence-electron chi connectivity index (χ2n) is 6.49. The molecular formula is C17H26N2O. The molecule has 1 heterocycles. The van der Waals surface area contributed by atoms with Crippen LogP contribution in [0.5, 0.6) is 5.75 Å². The van der Waals surface area contributed by atoms with Gasteiger partial charge < -0.3 is 15.4 Å². The monoisotopic (exact) mass is 274 g/mol. The molecule has 2 unspecified atom stereocenters. The van der Waals surface area contributed by atoms with E-state index in [1.807, 2.05) is 0 Å². The molecule has 1 spiro atoms. The van der Waals surface area contributed by atoms with Gasteiger partial charge in [-0.25, -0.2) is 0 Å². The molecule has 3 nitrogen and oxygen atoms in total. The number of ether oxygens (including phenoxy) is 1. The summed E-state index contributed by atoms with van der Waals surface area (Å²) in [6.07, 6.45) is 6.27. The molecule has 0 aromatic heterocycles. The van der Waals surface area contributed by atoms with Crippen molar-refractivity contribution in [2.45, 2.75) is 51.5 Å². The van der Waals surface area contributed by atoms with Crippen LogP contribution in [0.1, 0.15) is 46.0 Å². The second-order valence-corrected chi connectivity index (χ2v) is 6.49. The zero-order valence-electron chi connectivity index (χ0n) is 12.7. The molecule has 20 heavy (non-hydrogen) atoms. The van der Waals surface area contributed by atoms with Crippen LogP contribution in [-0.4, -0.2) is 18.7 Å². The summed E-state index contributed by atoms with van der Waals surface area (Å²) in [5.41, 5.74) is 2.59. The first-order valence-corrected chi connectivity index (χ1v) is 8.00. The highest BCUT2D eigenvalue weighted by molar-refractivity contribution is 5.78. The number of hydrogen-bond donors (Lipinski definition) is 2. The molecule has 1 aliphatic heterocycles. The number of hydrogen-bond acceptors (Lipinski definition) is 3. The van der Waals surface area contributed by atoms with Gasteiger partial charge in [-0.1, -0.05) is 32.8 Å². The fourth-order valence-corrected chi connectivity index (χ4v) is 3.67. The Labute approximate surface area is 122 Å². The predicted octanol–water partition coefficient (Wildman–Crippen LogP) is 4.26. The van der Waals surface area contributed by atoms with E-state index in [1.165, 1.54) is 31.4 Å². The topological polar surface area (TPSA) is 33.3 Å². The Morgan fingerprint density at radius 2 is 2.30 bits per heavy atom. The maximum absolute atomic E-state index is 5.85. The minimum absolute atomic E-state index is 0.244. The lowest BCUT2D eigenvalue weighted by Gasteiger charge is -2.45. The predicted molar refractivity (Wildman–Crippen MR) is 84.7 cm³/mol. The first-order chi connectivity index (χ1) is 9.72. The van der Waals surface area contributed by atoms with E-state index in [0.717, 1.165) is 36.9 Å². The van der Waals surface area contributed by atoms with Crippen molar-refractivity contribution in [3.8, 4) is 5.75 Å². The van der Waals surface area contributed by atoms with Gasteiger partial charge in [0, 0.05) is 6.54 Å². The van der Waals surface area contributed by atoms with Crippen LogP contribution in [0, 0.1) is 5.92 Å². The van der Waals surface area contributed by atoms with Gasteiger partial charge in [0.1, 0.15) is 11.4 Å². The van der Waals surface area contributed by atoms with Crippen molar-refractivity contribution in [3.63, 3.8) is 0 Å². The van der Waals surface area contributed by atoms with Crippen molar-refractivity contribution in [2.75, 3.05) is 23.8 Å². The van der Waals surface area contributed by atoms with E-state index < -0.39 is 0 Å². The van der Waals surface area contributed by atoms with Gasteiger partial charge in [-0.2, -0.15) is 0 Å². The number of benzene rings is 1. The molecule has 0 amide bonds. The van der Waals surface area contributed by atoms with E-state index in [2.05, 4.69) is 42.7 Å². The largest absolute Gasteiger partial charge is 0.491 e. The SMILES string of the molecule is CCCOc1cccc2c1NCC1(CCCC(C)C1)N2. The summed E-state index contributed by atoms with van der Waals surface area (Å²) in [5, 5.41) is 7.45. The Morgan fingerprint density at radius 3 is 3.10 bits per heavy atom. The van der Waals surface area contributed by atoms with E-state index in [9.17, 15) is 0 Å². The van der Waals surface area contributed by atoms with E-state index in [-0.39, 0.29) is 5.54 Å². The van der Waals surface area contributed by atoms with Crippen molar-refractivity contribution in [1.82, 2.24) is 0 Å². The summed E-state index contributed by atoms with van der Waals surface area (Å²) in [6.45, 7) is 6.30. The molecule has 2 aliphatic rings. The standard InChI is InChI=1S/C17H26N2O/c1-3-10-20-15-8-4-7-14-16(15)18-12-17(19-14)9-5-6-13(2)11-17/h4,7-8,13,18-19H,3,5-6,9-12H2,1-2H3. The molecule has 1 aliphatic carbocycles.